The monoisotopic (exact) mass is 397 g/mol. The summed E-state index contributed by atoms with van der Waals surface area (Å²) >= 11 is 0. The van der Waals surface area contributed by atoms with Gasteiger partial charge in [-0.2, -0.15) is 0 Å². The number of nitrogens with zero attached hydrogens (tertiary/aromatic N) is 1. The van der Waals surface area contributed by atoms with Gasteiger partial charge in [0.2, 0.25) is 5.91 Å². The van der Waals surface area contributed by atoms with E-state index in [1.165, 1.54) is 7.11 Å². The van der Waals surface area contributed by atoms with Crippen LogP contribution in [0.4, 0.5) is 21.9 Å². The van der Waals surface area contributed by atoms with Gasteiger partial charge in [-0.25, -0.2) is 4.79 Å². The number of fused-ring (bicyclic) bond motifs is 1. The first kappa shape index (κ1) is 20.5. The molecule has 1 aliphatic rings. The summed E-state index contributed by atoms with van der Waals surface area (Å²) in [6.45, 7) is 2.84. The standard InChI is InChI=1S/C22H27N3O4/c1-4-5-13-25-18-11-10-16(14-15(18)9-12-20(25)26)23-22(27)24-17-7-6-8-19(28-2)21(17)29-3/h6-8,10-11,14H,4-5,9,12-13H2,1-3H3,(H2,23,24,27). The summed E-state index contributed by atoms with van der Waals surface area (Å²) in [6, 6.07) is 10.6. The van der Waals surface area contributed by atoms with E-state index in [1.54, 1.807) is 25.3 Å². The highest BCUT2D eigenvalue weighted by Crippen LogP contribution is 2.35. The number of nitrogens with one attached hydrogen (secondary N) is 2. The molecule has 0 aliphatic carbocycles. The van der Waals surface area contributed by atoms with Gasteiger partial charge in [0.05, 0.1) is 19.9 Å². The van der Waals surface area contributed by atoms with Gasteiger partial charge < -0.3 is 25.0 Å². The molecule has 2 aromatic carbocycles. The summed E-state index contributed by atoms with van der Waals surface area (Å²) in [5.74, 6) is 1.16. The highest BCUT2D eigenvalue weighted by Gasteiger charge is 2.24. The molecule has 0 radical (unpaired) electrons. The maximum Gasteiger partial charge on any atom is 0.323 e. The Morgan fingerprint density at radius 3 is 2.66 bits per heavy atom. The number of urea groups is 1. The molecule has 3 rings (SSSR count). The molecular weight excluding hydrogens is 370 g/mol. The lowest BCUT2D eigenvalue weighted by atomic mass is 10.00. The molecule has 1 aliphatic heterocycles. The number of amides is 3. The van der Waals surface area contributed by atoms with Gasteiger partial charge >= 0.3 is 6.03 Å². The second-order valence-corrected chi connectivity index (χ2v) is 6.86. The highest BCUT2D eigenvalue weighted by atomic mass is 16.5. The van der Waals surface area contributed by atoms with Crippen molar-refractivity contribution in [1.29, 1.82) is 0 Å². The number of benzene rings is 2. The Kier molecular flexibility index (Phi) is 6.59. The molecule has 0 bridgehead atoms. The van der Waals surface area contributed by atoms with E-state index in [9.17, 15) is 9.59 Å². The lowest BCUT2D eigenvalue weighted by molar-refractivity contribution is -0.118. The normalized spacial score (nSPS) is 12.9. The zero-order valence-electron chi connectivity index (χ0n) is 17.1. The van der Waals surface area contributed by atoms with Crippen LogP contribution in [0.2, 0.25) is 0 Å². The molecule has 2 N–H and O–H groups in total. The molecule has 0 spiro atoms. The number of carbonyl (C=O) groups excluding carboxylic acids is 2. The van der Waals surface area contributed by atoms with Crippen molar-refractivity contribution in [3.8, 4) is 11.5 Å². The number of rotatable bonds is 7. The van der Waals surface area contributed by atoms with Crippen molar-refractivity contribution in [1.82, 2.24) is 0 Å². The van der Waals surface area contributed by atoms with E-state index in [4.69, 9.17) is 9.47 Å². The third-order valence-corrected chi connectivity index (χ3v) is 4.92. The molecule has 0 aromatic heterocycles. The van der Waals surface area contributed by atoms with Crippen LogP contribution in [-0.2, 0) is 11.2 Å². The smallest absolute Gasteiger partial charge is 0.323 e. The highest BCUT2D eigenvalue weighted by molar-refractivity contribution is 6.02. The molecule has 7 heteroatoms. The van der Waals surface area contributed by atoms with Crippen molar-refractivity contribution < 1.29 is 19.1 Å². The summed E-state index contributed by atoms with van der Waals surface area (Å²) < 4.78 is 10.6. The van der Waals surface area contributed by atoms with Gasteiger partial charge in [-0.05, 0) is 48.7 Å². The maximum absolute atomic E-state index is 12.5. The molecule has 2 aromatic rings. The van der Waals surface area contributed by atoms with Gasteiger partial charge in [0, 0.05) is 24.3 Å². The maximum atomic E-state index is 12.5. The molecule has 3 amide bonds. The van der Waals surface area contributed by atoms with Crippen LogP contribution in [0, 0.1) is 0 Å². The first-order valence-electron chi connectivity index (χ1n) is 9.79. The molecule has 0 saturated heterocycles. The number of carbonyl (C=O) groups is 2. The van der Waals surface area contributed by atoms with Crippen LogP contribution >= 0.6 is 0 Å². The van der Waals surface area contributed by atoms with Crippen LogP contribution in [0.15, 0.2) is 36.4 Å². The van der Waals surface area contributed by atoms with Crippen molar-refractivity contribution in [2.45, 2.75) is 32.6 Å². The zero-order chi connectivity index (χ0) is 20.8. The van der Waals surface area contributed by atoms with Gasteiger partial charge in [-0.1, -0.05) is 19.4 Å². The second-order valence-electron chi connectivity index (χ2n) is 6.86. The fourth-order valence-corrected chi connectivity index (χ4v) is 3.47. The van der Waals surface area contributed by atoms with E-state index < -0.39 is 0 Å². The summed E-state index contributed by atoms with van der Waals surface area (Å²) in [4.78, 5) is 26.6. The third kappa shape index (κ3) is 4.62. The van der Waals surface area contributed by atoms with E-state index in [2.05, 4.69) is 17.6 Å². The Morgan fingerprint density at radius 1 is 1.10 bits per heavy atom. The van der Waals surface area contributed by atoms with Gasteiger partial charge in [0.15, 0.2) is 11.5 Å². The molecule has 0 fully saturated rings. The number of para-hydroxylation sites is 1. The Bertz CT molecular complexity index is 898. The van der Waals surface area contributed by atoms with Gasteiger partial charge in [-0.15, -0.1) is 0 Å². The molecular formula is C22H27N3O4. The van der Waals surface area contributed by atoms with Crippen molar-refractivity contribution in [3.63, 3.8) is 0 Å². The number of hydrogen-bond acceptors (Lipinski definition) is 4. The quantitative estimate of drug-likeness (QED) is 0.724. The summed E-state index contributed by atoms with van der Waals surface area (Å²) in [6.07, 6.45) is 3.17. The van der Waals surface area contributed by atoms with E-state index in [0.29, 0.717) is 35.7 Å². The first-order valence-corrected chi connectivity index (χ1v) is 9.79. The van der Waals surface area contributed by atoms with E-state index in [1.807, 2.05) is 23.1 Å². The van der Waals surface area contributed by atoms with Crippen LogP contribution in [-0.4, -0.2) is 32.7 Å². The van der Waals surface area contributed by atoms with Gasteiger partial charge in [-0.3, -0.25) is 4.79 Å². The van der Waals surface area contributed by atoms with Gasteiger partial charge in [0.1, 0.15) is 0 Å². The lowest BCUT2D eigenvalue weighted by Crippen LogP contribution is -2.35. The second kappa shape index (κ2) is 9.32. The van der Waals surface area contributed by atoms with Crippen LogP contribution in [0.5, 0.6) is 11.5 Å². The van der Waals surface area contributed by atoms with Crippen LogP contribution < -0.4 is 25.0 Å². The fraction of sp³-hybridized carbons (Fsp3) is 0.364. The number of aryl methyl sites for hydroxylation is 1. The fourth-order valence-electron chi connectivity index (χ4n) is 3.47. The van der Waals surface area contributed by atoms with Gasteiger partial charge in [0.25, 0.3) is 0 Å². The number of unbranched alkanes of at least 4 members (excludes halogenated alkanes) is 1. The third-order valence-electron chi connectivity index (χ3n) is 4.92. The average molecular weight is 397 g/mol. The molecule has 7 nitrogen and oxygen atoms in total. The predicted molar refractivity (Wildman–Crippen MR) is 114 cm³/mol. The number of anilines is 3. The van der Waals surface area contributed by atoms with E-state index >= 15 is 0 Å². The number of hydrogen-bond donors (Lipinski definition) is 2. The average Bonchev–Trinajstić information content (AvgIpc) is 2.72. The predicted octanol–water partition coefficient (Wildman–Crippen LogP) is 4.43. The molecule has 29 heavy (non-hydrogen) atoms. The Labute approximate surface area is 171 Å². The van der Waals surface area contributed by atoms with Crippen LogP contribution in [0.25, 0.3) is 0 Å². The molecule has 154 valence electrons. The Morgan fingerprint density at radius 2 is 1.93 bits per heavy atom. The largest absolute Gasteiger partial charge is 0.493 e. The van der Waals surface area contributed by atoms with Crippen molar-refractivity contribution >= 4 is 29.0 Å². The Hall–Kier alpha value is -3.22. The number of ether oxygens (including phenoxy) is 2. The molecule has 0 atom stereocenters. The summed E-state index contributed by atoms with van der Waals surface area (Å²) in [7, 11) is 3.07. The van der Waals surface area contributed by atoms with Crippen molar-refractivity contribution in [2.24, 2.45) is 0 Å². The lowest BCUT2D eigenvalue weighted by Gasteiger charge is -2.29. The minimum absolute atomic E-state index is 0.162. The van der Waals surface area contributed by atoms with E-state index in [0.717, 1.165) is 30.6 Å². The number of methoxy groups -OCH3 is 2. The van der Waals surface area contributed by atoms with Crippen molar-refractivity contribution in [2.75, 3.05) is 36.3 Å². The minimum atomic E-state index is -0.383. The minimum Gasteiger partial charge on any atom is -0.493 e. The van der Waals surface area contributed by atoms with Crippen LogP contribution in [0.1, 0.15) is 31.7 Å². The summed E-state index contributed by atoms with van der Waals surface area (Å²) in [5, 5.41) is 5.64. The first-order chi connectivity index (χ1) is 14.1. The molecule has 0 saturated carbocycles. The van der Waals surface area contributed by atoms with Crippen LogP contribution in [0.3, 0.4) is 0 Å². The topological polar surface area (TPSA) is 79.9 Å². The van der Waals surface area contributed by atoms with E-state index in [-0.39, 0.29) is 11.9 Å². The zero-order valence-corrected chi connectivity index (χ0v) is 17.1. The summed E-state index contributed by atoms with van der Waals surface area (Å²) in [5.41, 5.74) is 3.19. The Balaban J connectivity index is 1.73. The SMILES string of the molecule is CCCCN1C(=O)CCc2cc(NC(=O)Nc3cccc(OC)c3OC)ccc21. The molecule has 1 heterocycles. The van der Waals surface area contributed by atoms with Crippen molar-refractivity contribution in [3.05, 3.63) is 42.0 Å². The molecule has 0 unspecified atom stereocenters.